The first-order chi connectivity index (χ1) is 14.0. The summed E-state index contributed by atoms with van der Waals surface area (Å²) in [6.07, 6.45) is 3.13. The minimum absolute atomic E-state index is 0.194. The van der Waals surface area contributed by atoms with Gasteiger partial charge in [-0.1, -0.05) is 35.3 Å². The van der Waals surface area contributed by atoms with Gasteiger partial charge in [-0.05, 0) is 55.5 Å². The maximum Gasteiger partial charge on any atom is 0.290 e. The van der Waals surface area contributed by atoms with Gasteiger partial charge in [0.1, 0.15) is 5.82 Å². The van der Waals surface area contributed by atoms with E-state index in [1.165, 1.54) is 6.07 Å². The number of rotatable bonds is 4. The molecule has 0 spiro atoms. The minimum Gasteiger partial charge on any atom is -0.295 e. The van der Waals surface area contributed by atoms with Crippen LogP contribution < -0.4 is 10.9 Å². The summed E-state index contributed by atoms with van der Waals surface area (Å²) in [6.45, 7) is 0. The molecule has 2 aliphatic carbocycles. The molecule has 0 radical (unpaired) electrons. The van der Waals surface area contributed by atoms with Gasteiger partial charge >= 0.3 is 0 Å². The summed E-state index contributed by atoms with van der Waals surface area (Å²) >= 11 is 12.5. The Morgan fingerprint density at radius 1 is 1.14 bits per heavy atom. The van der Waals surface area contributed by atoms with E-state index in [1.54, 1.807) is 35.0 Å². The fraction of sp³-hybridized carbons (Fsp3) is 0.238. The number of benzene rings is 2. The normalized spacial score (nSPS) is 19.3. The summed E-state index contributed by atoms with van der Waals surface area (Å²) in [5.74, 6) is -0.184. The third kappa shape index (κ3) is 3.07. The molecule has 1 aromatic heterocycles. The molecule has 1 heterocycles. The predicted octanol–water partition coefficient (Wildman–Crippen LogP) is 5.44. The molecular formula is C21H17Cl2FN4O. The summed E-state index contributed by atoms with van der Waals surface area (Å²) < 4.78 is 15.6. The number of hydrogen-bond donors (Lipinski definition) is 2. The van der Waals surface area contributed by atoms with Crippen molar-refractivity contribution in [3.63, 3.8) is 0 Å². The number of nitrogens with zero attached hydrogens (tertiary/aromatic N) is 2. The summed E-state index contributed by atoms with van der Waals surface area (Å²) in [7, 11) is 0. The molecule has 3 aromatic rings. The highest BCUT2D eigenvalue weighted by molar-refractivity contribution is 6.35. The number of hydrogen-bond acceptors (Lipinski definition) is 3. The molecule has 1 saturated carbocycles. The van der Waals surface area contributed by atoms with E-state index in [9.17, 15) is 9.18 Å². The van der Waals surface area contributed by atoms with Crippen LogP contribution in [0.1, 0.15) is 52.8 Å². The Balaban J connectivity index is 1.52. The second-order valence-corrected chi connectivity index (χ2v) is 8.26. The van der Waals surface area contributed by atoms with E-state index in [0.29, 0.717) is 33.3 Å². The summed E-state index contributed by atoms with van der Waals surface area (Å²) in [5, 5.41) is 5.62. The van der Waals surface area contributed by atoms with Crippen LogP contribution in [0.4, 0.5) is 10.1 Å². The van der Waals surface area contributed by atoms with E-state index >= 15 is 0 Å². The molecule has 8 heteroatoms. The SMILES string of the molecule is O=C(NNc1ccccc1F)c1nn(-c2ccc(Cl)cc2Cl)c2c1C1CCC2C1. The van der Waals surface area contributed by atoms with Crippen LogP contribution in [0.15, 0.2) is 42.5 Å². The van der Waals surface area contributed by atoms with Crippen LogP contribution in [-0.4, -0.2) is 15.7 Å². The lowest BCUT2D eigenvalue weighted by Gasteiger charge is -2.15. The van der Waals surface area contributed by atoms with Crippen LogP contribution in [0.5, 0.6) is 0 Å². The van der Waals surface area contributed by atoms with Crippen LogP contribution >= 0.6 is 23.2 Å². The number of halogens is 3. The Morgan fingerprint density at radius 2 is 1.93 bits per heavy atom. The fourth-order valence-corrected chi connectivity index (χ4v) is 4.97. The van der Waals surface area contributed by atoms with Crippen molar-refractivity contribution < 1.29 is 9.18 Å². The van der Waals surface area contributed by atoms with Gasteiger partial charge in [0, 0.05) is 16.5 Å². The average Bonchev–Trinajstić information content (AvgIpc) is 3.40. The smallest absolute Gasteiger partial charge is 0.290 e. The lowest BCUT2D eigenvalue weighted by atomic mass is 9.95. The second kappa shape index (κ2) is 7.04. The van der Waals surface area contributed by atoms with Gasteiger partial charge in [0.05, 0.1) is 22.1 Å². The molecule has 0 aliphatic heterocycles. The number of para-hydroxylation sites is 1. The van der Waals surface area contributed by atoms with Gasteiger partial charge < -0.3 is 0 Å². The largest absolute Gasteiger partial charge is 0.295 e. The molecule has 5 rings (SSSR count). The Kier molecular flexibility index (Phi) is 4.48. The lowest BCUT2D eigenvalue weighted by Crippen LogP contribution is -2.31. The van der Waals surface area contributed by atoms with Crippen molar-refractivity contribution >= 4 is 34.8 Å². The Labute approximate surface area is 176 Å². The molecule has 148 valence electrons. The number of aromatic nitrogens is 2. The number of nitrogens with one attached hydrogen (secondary N) is 2. The molecule has 0 saturated heterocycles. The quantitative estimate of drug-likeness (QED) is 0.541. The van der Waals surface area contributed by atoms with Crippen LogP contribution in [0.25, 0.3) is 5.69 Å². The first-order valence-corrected chi connectivity index (χ1v) is 10.2. The van der Waals surface area contributed by atoms with E-state index in [4.69, 9.17) is 23.2 Å². The third-order valence-electron chi connectivity index (χ3n) is 5.72. The standard InChI is InChI=1S/C21H17Cl2FN4O/c22-13-7-8-17(14(23)10-13)28-20-12-6-5-11(9-12)18(20)19(27-28)21(29)26-25-16-4-2-1-3-15(16)24/h1-4,7-8,10-12,25H,5-6,9H2,(H,26,29). The highest BCUT2D eigenvalue weighted by Gasteiger charge is 2.44. The van der Waals surface area contributed by atoms with E-state index < -0.39 is 11.7 Å². The molecule has 2 aromatic carbocycles. The Bertz CT molecular complexity index is 1130. The zero-order valence-electron chi connectivity index (χ0n) is 15.3. The molecule has 1 fully saturated rings. The monoisotopic (exact) mass is 430 g/mol. The fourth-order valence-electron chi connectivity index (χ4n) is 4.48. The number of carbonyl (C=O) groups excluding carboxylic acids is 1. The van der Waals surface area contributed by atoms with Crippen LogP contribution in [-0.2, 0) is 0 Å². The molecule has 29 heavy (non-hydrogen) atoms. The highest BCUT2D eigenvalue weighted by Crippen LogP contribution is 2.54. The number of anilines is 1. The number of hydrazine groups is 1. The van der Waals surface area contributed by atoms with Gasteiger partial charge in [-0.3, -0.25) is 15.6 Å². The first kappa shape index (κ1) is 18.5. The average molecular weight is 431 g/mol. The number of fused-ring (bicyclic) bond motifs is 5. The molecule has 2 unspecified atom stereocenters. The molecule has 2 atom stereocenters. The minimum atomic E-state index is -0.449. The third-order valence-corrected chi connectivity index (χ3v) is 6.26. The molecular weight excluding hydrogens is 414 g/mol. The van der Waals surface area contributed by atoms with Crippen molar-refractivity contribution in [2.24, 2.45) is 0 Å². The van der Waals surface area contributed by atoms with Crippen molar-refractivity contribution in [1.29, 1.82) is 0 Å². The van der Waals surface area contributed by atoms with Gasteiger partial charge in [0.25, 0.3) is 5.91 Å². The van der Waals surface area contributed by atoms with Crippen LogP contribution in [0.3, 0.4) is 0 Å². The molecule has 2 bridgehead atoms. The van der Waals surface area contributed by atoms with Gasteiger partial charge in [0.15, 0.2) is 5.69 Å². The predicted molar refractivity (Wildman–Crippen MR) is 110 cm³/mol. The summed E-state index contributed by atoms with van der Waals surface area (Å²) in [4.78, 5) is 12.9. The maximum absolute atomic E-state index is 13.8. The van der Waals surface area contributed by atoms with Gasteiger partial charge in [-0.25, -0.2) is 9.07 Å². The Morgan fingerprint density at radius 3 is 2.72 bits per heavy atom. The van der Waals surface area contributed by atoms with Crippen LogP contribution in [0.2, 0.25) is 10.0 Å². The van der Waals surface area contributed by atoms with E-state index in [-0.39, 0.29) is 5.69 Å². The van der Waals surface area contributed by atoms with Crippen molar-refractivity contribution in [3.05, 3.63) is 75.3 Å². The van der Waals surface area contributed by atoms with Crippen molar-refractivity contribution in [1.82, 2.24) is 15.2 Å². The second-order valence-electron chi connectivity index (χ2n) is 7.42. The first-order valence-electron chi connectivity index (χ1n) is 9.42. The van der Waals surface area contributed by atoms with E-state index in [2.05, 4.69) is 16.0 Å². The Hall–Kier alpha value is -2.57. The molecule has 2 N–H and O–H groups in total. The van der Waals surface area contributed by atoms with Crippen LogP contribution in [0, 0.1) is 5.82 Å². The number of amides is 1. The maximum atomic E-state index is 13.8. The van der Waals surface area contributed by atoms with Crippen molar-refractivity contribution in [2.75, 3.05) is 5.43 Å². The lowest BCUT2D eigenvalue weighted by molar-refractivity contribution is 0.0956. The molecule has 5 nitrogen and oxygen atoms in total. The zero-order valence-corrected chi connectivity index (χ0v) is 16.8. The van der Waals surface area contributed by atoms with Crippen molar-refractivity contribution in [2.45, 2.75) is 31.1 Å². The summed E-state index contributed by atoms with van der Waals surface area (Å²) in [6, 6.07) is 11.4. The van der Waals surface area contributed by atoms with Gasteiger partial charge in [-0.2, -0.15) is 5.10 Å². The summed E-state index contributed by atoms with van der Waals surface area (Å²) in [5.41, 5.74) is 8.48. The van der Waals surface area contributed by atoms with Gasteiger partial charge in [0.2, 0.25) is 0 Å². The topological polar surface area (TPSA) is 59.0 Å². The highest BCUT2D eigenvalue weighted by atomic mass is 35.5. The van der Waals surface area contributed by atoms with E-state index in [0.717, 1.165) is 30.5 Å². The van der Waals surface area contributed by atoms with Gasteiger partial charge in [-0.15, -0.1) is 0 Å². The molecule has 2 aliphatic rings. The number of carbonyl (C=O) groups is 1. The zero-order chi connectivity index (χ0) is 20.1. The molecule has 1 amide bonds. The van der Waals surface area contributed by atoms with E-state index in [1.807, 2.05) is 6.07 Å². The van der Waals surface area contributed by atoms with Crippen molar-refractivity contribution in [3.8, 4) is 5.69 Å².